The van der Waals surface area contributed by atoms with Gasteiger partial charge in [0.2, 0.25) is 0 Å². The van der Waals surface area contributed by atoms with Gasteiger partial charge in [0.1, 0.15) is 10.1 Å². The first-order valence-corrected chi connectivity index (χ1v) is 10.3. The summed E-state index contributed by atoms with van der Waals surface area (Å²) >= 11 is 6.39. The monoisotopic (exact) mass is 408 g/mol. The molecule has 2 heterocycles. The number of nitrogens with one attached hydrogen (secondary N) is 1. The van der Waals surface area contributed by atoms with Crippen LogP contribution in [0.3, 0.4) is 0 Å². The van der Waals surface area contributed by atoms with E-state index < -0.39 is 0 Å². The standard InChI is InChI=1S/C22H20N2O2S2/c1-15-7-9-17(10-8-15)26-12-4-11-24-14-16(18-5-2-3-6-19(18)24)13-20-21(25)23-22(27)28-20/h2-3,5-10,13-14H,4,11-12H2,1H3,(H,23,25,27)/b20-13-. The fourth-order valence-electron chi connectivity index (χ4n) is 3.20. The first-order valence-electron chi connectivity index (χ1n) is 9.12. The minimum absolute atomic E-state index is 0.127. The zero-order chi connectivity index (χ0) is 19.5. The molecule has 0 saturated carbocycles. The lowest BCUT2D eigenvalue weighted by Crippen LogP contribution is -2.17. The molecule has 0 spiro atoms. The normalized spacial score (nSPS) is 15.4. The maximum Gasteiger partial charge on any atom is 0.263 e. The molecule has 1 aromatic heterocycles. The number of aryl methyl sites for hydroxylation is 2. The van der Waals surface area contributed by atoms with E-state index in [4.69, 9.17) is 17.0 Å². The van der Waals surface area contributed by atoms with Crippen molar-refractivity contribution >= 4 is 51.2 Å². The summed E-state index contributed by atoms with van der Waals surface area (Å²) in [4.78, 5) is 12.6. The van der Waals surface area contributed by atoms with E-state index in [1.54, 1.807) is 0 Å². The number of amides is 1. The van der Waals surface area contributed by atoms with Gasteiger partial charge in [0.15, 0.2) is 0 Å². The van der Waals surface area contributed by atoms with Crippen molar-refractivity contribution < 1.29 is 9.53 Å². The van der Waals surface area contributed by atoms with Crippen LogP contribution in [0.25, 0.3) is 17.0 Å². The van der Waals surface area contributed by atoms with E-state index >= 15 is 0 Å². The predicted molar refractivity (Wildman–Crippen MR) is 120 cm³/mol. The van der Waals surface area contributed by atoms with Crippen LogP contribution in [0, 0.1) is 6.92 Å². The highest BCUT2D eigenvalue weighted by Gasteiger charge is 2.22. The van der Waals surface area contributed by atoms with E-state index in [9.17, 15) is 4.79 Å². The third-order valence-electron chi connectivity index (χ3n) is 4.58. The summed E-state index contributed by atoms with van der Waals surface area (Å²) < 4.78 is 8.57. The molecule has 3 aromatic rings. The number of para-hydroxylation sites is 1. The van der Waals surface area contributed by atoms with E-state index in [2.05, 4.69) is 47.3 Å². The Balaban J connectivity index is 1.48. The number of thioether (sulfide) groups is 1. The predicted octanol–water partition coefficient (Wildman–Crippen LogP) is 4.91. The molecule has 0 atom stereocenters. The van der Waals surface area contributed by atoms with Gasteiger partial charge in [-0.15, -0.1) is 0 Å². The minimum Gasteiger partial charge on any atom is -0.494 e. The largest absolute Gasteiger partial charge is 0.494 e. The van der Waals surface area contributed by atoms with Crippen molar-refractivity contribution in [3.63, 3.8) is 0 Å². The van der Waals surface area contributed by atoms with Gasteiger partial charge in [0.05, 0.1) is 11.5 Å². The van der Waals surface area contributed by atoms with Crippen molar-refractivity contribution in [2.24, 2.45) is 0 Å². The Morgan fingerprint density at radius 3 is 2.71 bits per heavy atom. The fourth-order valence-corrected chi connectivity index (χ4v) is 4.23. The maximum atomic E-state index is 12.0. The summed E-state index contributed by atoms with van der Waals surface area (Å²) in [5.41, 5.74) is 3.40. The second-order valence-electron chi connectivity index (χ2n) is 6.66. The SMILES string of the molecule is Cc1ccc(OCCCn2cc(/C=C3\SC(=S)NC3=O)c3ccccc32)cc1. The van der Waals surface area contributed by atoms with Crippen molar-refractivity contribution in [1.29, 1.82) is 0 Å². The quantitative estimate of drug-likeness (QED) is 0.358. The van der Waals surface area contributed by atoms with Gasteiger partial charge in [0, 0.05) is 29.2 Å². The lowest BCUT2D eigenvalue weighted by Gasteiger charge is -2.08. The highest BCUT2D eigenvalue weighted by molar-refractivity contribution is 8.26. The molecule has 2 aromatic carbocycles. The molecule has 0 bridgehead atoms. The molecule has 1 saturated heterocycles. The molecule has 0 unspecified atom stereocenters. The van der Waals surface area contributed by atoms with Gasteiger partial charge in [0.25, 0.3) is 5.91 Å². The van der Waals surface area contributed by atoms with Crippen LogP contribution < -0.4 is 10.1 Å². The maximum absolute atomic E-state index is 12.0. The van der Waals surface area contributed by atoms with Gasteiger partial charge in [-0.25, -0.2) is 0 Å². The van der Waals surface area contributed by atoms with Crippen LogP contribution in [0.2, 0.25) is 0 Å². The summed E-state index contributed by atoms with van der Waals surface area (Å²) in [5, 5.41) is 3.79. The number of nitrogens with zero attached hydrogens (tertiary/aromatic N) is 1. The number of benzene rings is 2. The number of carbonyl (C=O) groups excluding carboxylic acids is 1. The molecule has 0 aliphatic carbocycles. The highest BCUT2D eigenvalue weighted by atomic mass is 32.2. The molecular weight excluding hydrogens is 388 g/mol. The van der Waals surface area contributed by atoms with Crippen LogP contribution in [0.4, 0.5) is 0 Å². The average molecular weight is 409 g/mol. The summed E-state index contributed by atoms with van der Waals surface area (Å²) in [6.45, 7) is 3.56. The van der Waals surface area contributed by atoms with Crippen LogP contribution in [0.5, 0.6) is 5.75 Å². The molecule has 1 N–H and O–H groups in total. The van der Waals surface area contributed by atoms with Crippen LogP contribution in [-0.4, -0.2) is 21.4 Å². The number of hydrogen-bond acceptors (Lipinski definition) is 4. The number of aromatic nitrogens is 1. The number of rotatable bonds is 6. The molecular formula is C22H20N2O2S2. The highest BCUT2D eigenvalue weighted by Crippen LogP contribution is 2.30. The van der Waals surface area contributed by atoms with Crippen LogP contribution in [0.15, 0.2) is 59.6 Å². The molecule has 6 heteroatoms. The Kier molecular flexibility index (Phi) is 5.50. The Morgan fingerprint density at radius 1 is 1.18 bits per heavy atom. The van der Waals surface area contributed by atoms with E-state index in [0.29, 0.717) is 15.8 Å². The van der Waals surface area contributed by atoms with Gasteiger partial charge in [-0.05, 0) is 37.6 Å². The lowest BCUT2D eigenvalue weighted by molar-refractivity contribution is -0.115. The molecule has 0 radical (unpaired) electrons. The van der Waals surface area contributed by atoms with Crippen LogP contribution >= 0.6 is 24.0 Å². The average Bonchev–Trinajstić information content (AvgIpc) is 3.20. The molecule has 4 rings (SSSR count). The Morgan fingerprint density at radius 2 is 1.96 bits per heavy atom. The van der Waals surface area contributed by atoms with E-state index in [1.807, 2.05) is 30.3 Å². The van der Waals surface area contributed by atoms with Gasteiger partial charge in [-0.1, -0.05) is 59.9 Å². The van der Waals surface area contributed by atoms with E-state index in [0.717, 1.165) is 35.2 Å². The summed E-state index contributed by atoms with van der Waals surface area (Å²) in [6.07, 6.45) is 4.90. The van der Waals surface area contributed by atoms with Crippen LogP contribution in [-0.2, 0) is 11.3 Å². The zero-order valence-corrected chi connectivity index (χ0v) is 17.1. The van der Waals surface area contributed by atoms with Gasteiger partial charge in [-0.2, -0.15) is 0 Å². The summed E-state index contributed by atoms with van der Waals surface area (Å²) in [6, 6.07) is 16.3. The van der Waals surface area contributed by atoms with Crippen molar-refractivity contribution in [3.05, 3.63) is 70.8 Å². The third-order valence-corrected chi connectivity index (χ3v) is 5.74. The van der Waals surface area contributed by atoms with Gasteiger partial charge in [-0.3, -0.25) is 4.79 Å². The first-order chi connectivity index (χ1) is 13.6. The van der Waals surface area contributed by atoms with Gasteiger partial charge >= 0.3 is 0 Å². The Bertz CT molecular complexity index is 1070. The van der Waals surface area contributed by atoms with Crippen molar-refractivity contribution in [2.45, 2.75) is 19.9 Å². The second kappa shape index (κ2) is 8.20. The van der Waals surface area contributed by atoms with E-state index in [1.165, 1.54) is 17.3 Å². The number of thiocarbonyl (C=S) groups is 1. The number of carbonyl (C=O) groups is 1. The minimum atomic E-state index is -0.127. The zero-order valence-electron chi connectivity index (χ0n) is 15.5. The van der Waals surface area contributed by atoms with Crippen LogP contribution in [0.1, 0.15) is 17.5 Å². The molecule has 28 heavy (non-hydrogen) atoms. The Hall–Kier alpha value is -2.57. The molecule has 1 amide bonds. The van der Waals surface area contributed by atoms with Crippen molar-refractivity contribution in [3.8, 4) is 5.75 Å². The summed E-state index contributed by atoms with van der Waals surface area (Å²) in [7, 11) is 0. The van der Waals surface area contributed by atoms with Gasteiger partial charge < -0.3 is 14.6 Å². The fraction of sp³-hybridized carbons (Fsp3) is 0.182. The molecule has 1 aliphatic rings. The van der Waals surface area contributed by atoms with Crippen molar-refractivity contribution in [2.75, 3.05) is 6.61 Å². The lowest BCUT2D eigenvalue weighted by atomic mass is 10.1. The molecule has 142 valence electrons. The molecule has 1 aliphatic heterocycles. The first kappa shape index (κ1) is 18.8. The Labute approximate surface area is 173 Å². The second-order valence-corrected chi connectivity index (χ2v) is 8.38. The van der Waals surface area contributed by atoms with E-state index in [-0.39, 0.29) is 5.91 Å². The smallest absolute Gasteiger partial charge is 0.263 e. The number of hydrogen-bond donors (Lipinski definition) is 1. The molecule has 4 nitrogen and oxygen atoms in total. The number of ether oxygens (including phenoxy) is 1. The summed E-state index contributed by atoms with van der Waals surface area (Å²) in [5.74, 6) is 0.770. The topological polar surface area (TPSA) is 43.3 Å². The van der Waals surface area contributed by atoms with Crippen molar-refractivity contribution in [1.82, 2.24) is 9.88 Å². The number of fused-ring (bicyclic) bond motifs is 1. The molecule has 1 fully saturated rings. The third kappa shape index (κ3) is 4.13.